The smallest absolute Gasteiger partial charge is 0.136 e. The molecule has 4 heteroatoms. The Bertz CT molecular complexity index is 803. The van der Waals surface area contributed by atoms with Gasteiger partial charge in [-0.05, 0) is 48.6 Å². The van der Waals surface area contributed by atoms with Gasteiger partial charge < -0.3 is 4.90 Å². The largest absolute Gasteiger partial charge is 0.356 e. The molecular formula is C19H18FN3. The van der Waals surface area contributed by atoms with E-state index in [4.69, 9.17) is 0 Å². The molecule has 0 N–H and O–H groups in total. The molecule has 0 radical (unpaired) electrons. The molecule has 0 spiro atoms. The first-order valence-corrected chi connectivity index (χ1v) is 8.00. The van der Waals surface area contributed by atoms with Crippen molar-refractivity contribution < 1.29 is 4.39 Å². The van der Waals surface area contributed by atoms with Gasteiger partial charge in [0.25, 0.3) is 0 Å². The minimum Gasteiger partial charge on any atom is -0.356 e. The average Bonchev–Trinajstić information content (AvgIpc) is 2.62. The maximum absolute atomic E-state index is 13.1. The fourth-order valence-corrected chi connectivity index (χ4v) is 3.41. The third kappa shape index (κ3) is 2.77. The molecule has 0 saturated carbocycles. The van der Waals surface area contributed by atoms with E-state index in [2.05, 4.69) is 14.9 Å². The highest BCUT2D eigenvalue weighted by Gasteiger charge is 2.22. The lowest BCUT2D eigenvalue weighted by atomic mass is 9.89. The van der Waals surface area contributed by atoms with Gasteiger partial charge in [-0.15, -0.1) is 0 Å². The predicted molar refractivity (Wildman–Crippen MR) is 90.1 cm³/mol. The molecular weight excluding hydrogens is 289 g/mol. The van der Waals surface area contributed by atoms with E-state index < -0.39 is 0 Å². The Morgan fingerprint density at radius 2 is 1.74 bits per heavy atom. The Labute approximate surface area is 134 Å². The van der Waals surface area contributed by atoms with E-state index >= 15 is 0 Å². The number of hydrogen-bond acceptors (Lipinski definition) is 3. The van der Waals surface area contributed by atoms with Gasteiger partial charge in [0.1, 0.15) is 11.6 Å². The normalized spacial score (nSPS) is 16.0. The molecule has 1 saturated heterocycles. The van der Waals surface area contributed by atoms with Gasteiger partial charge in [-0.3, -0.25) is 4.98 Å². The van der Waals surface area contributed by atoms with Gasteiger partial charge in [0.2, 0.25) is 0 Å². The molecule has 0 amide bonds. The summed E-state index contributed by atoms with van der Waals surface area (Å²) in [5.74, 6) is 1.38. The fourth-order valence-electron chi connectivity index (χ4n) is 3.41. The molecule has 0 bridgehead atoms. The van der Waals surface area contributed by atoms with Crippen LogP contribution in [0, 0.1) is 5.82 Å². The summed E-state index contributed by atoms with van der Waals surface area (Å²) in [6, 6.07) is 11.0. The van der Waals surface area contributed by atoms with E-state index in [1.165, 1.54) is 5.56 Å². The van der Waals surface area contributed by atoms with Crippen LogP contribution in [0.15, 0.2) is 55.0 Å². The number of anilines is 1. The van der Waals surface area contributed by atoms with E-state index in [1.807, 2.05) is 42.9 Å². The van der Waals surface area contributed by atoms with Crippen molar-refractivity contribution in [2.24, 2.45) is 0 Å². The van der Waals surface area contributed by atoms with Crippen LogP contribution in [0.5, 0.6) is 0 Å². The van der Waals surface area contributed by atoms with Crippen molar-refractivity contribution in [1.29, 1.82) is 0 Å². The van der Waals surface area contributed by atoms with E-state index in [9.17, 15) is 4.39 Å². The summed E-state index contributed by atoms with van der Waals surface area (Å²) in [7, 11) is 0. The Hall–Kier alpha value is -2.49. The van der Waals surface area contributed by atoms with E-state index in [-0.39, 0.29) is 5.82 Å². The monoisotopic (exact) mass is 307 g/mol. The van der Waals surface area contributed by atoms with Crippen LogP contribution in [0.3, 0.4) is 0 Å². The maximum Gasteiger partial charge on any atom is 0.136 e. The summed E-state index contributed by atoms with van der Waals surface area (Å²) >= 11 is 0. The summed E-state index contributed by atoms with van der Waals surface area (Å²) in [4.78, 5) is 11.1. The van der Waals surface area contributed by atoms with Crippen molar-refractivity contribution in [2.45, 2.75) is 18.8 Å². The average molecular weight is 307 g/mol. The zero-order valence-corrected chi connectivity index (χ0v) is 12.8. The fraction of sp³-hybridized carbons (Fsp3) is 0.263. The molecule has 1 aromatic carbocycles. The molecule has 0 aliphatic carbocycles. The molecule has 116 valence electrons. The van der Waals surface area contributed by atoms with Crippen molar-refractivity contribution in [3.8, 4) is 0 Å². The van der Waals surface area contributed by atoms with Crippen molar-refractivity contribution in [3.63, 3.8) is 0 Å². The van der Waals surface area contributed by atoms with Crippen LogP contribution >= 0.6 is 0 Å². The first kappa shape index (κ1) is 14.1. The van der Waals surface area contributed by atoms with Crippen LogP contribution in [-0.2, 0) is 0 Å². The third-order valence-electron chi connectivity index (χ3n) is 4.68. The van der Waals surface area contributed by atoms with Gasteiger partial charge in [-0.1, -0.05) is 12.1 Å². The molecule has 3 nitrogen and oxygen atoms in total. The van der Waals surface area contributed by atoms with Crippen LogP contribution in [-0.4, -0.2) is 23.1 Å². The van der Waals surface area contributed by atoms with Crippen LogP contribution in [0.25, 0.3) is 10.8 Å². The number of hydrogen-bond donors (Lipinski definition) is 0. The highest BCUT2D eigenvalue weighted by atomic mass is 19.1. The highest BCUT2D eigenvalue weighted by Crippen LogP contribution is 2.32. The zero-order chi connectivity index (χ0) is 15.6. The van der Waals surface area contributed by atoms with Gasteiger partial charge in [0, 0.05) is 42.5 Å². The number of benzene rings is 1. The standard InChI is InChI=1S/C19H18FN3/c20-17-3-1-14(2-4-17)15-7-11-23(12-8-15)19-18-6-9-21-13-16(18)5-10-22-19/h1-6,9-10,13,15H,7-8,11-12H2. The summed E-state index contributed by atoms with van der Waals surface area (Å²) in [6.07, 6.45) is 7.68. The molecule has 4 rings (SSSR count). The van der Waals surface area contributed by atoms with Gasteiger partial charge >= 0.3 is 0 Å². The van der Waals surface area contributed by atoms with Gasteiger partial charge in [-0.2, -0.15) is 0 Å². The summed E-state index contributed by atoms with van der Waals surface area (Å²) < 4.78 is 13.1. The van der Waals surface area contributed by atoms with Crippen molar-refractivity contribution in [2.75, 3.05) is 18.0 Å². The molecule has 1 fully saturated rings. The van der Waals surface area contributed by atoms with E-state index in [0.717, 1.165) is 42.5 Å². The van der Waals surface area contributed by atoms with Crippen LogP contribution in [0.4, 0.5) is 10.2 Å². The van der Waals surface area contributed by atoms with Gasteiger partial charge in [0.15, 0.2) is 0 Å². The Kier molecular flexibility index (Phi) is 3.66. The number of rotatable bonds is 2. The summed E-state index contributed by atoms with van der Waals surface area (Å²) in [5.41, 5.74) is 1.24. The topological polar surface area (TPSA) is 29.0 Å². The number of piperidine rings is 1. The third-order valence-corrected chi connectivity index (χ3v) is 4.68. The lowest BCUT2D eigenvalue weighted by Gasteiger charge is -2.33. The summed E-state index contributed by atoms with van der Waals surface area (Å²) in [5, 5.41) is 2.28. The molecule has 0 unspecified atom stereocenters. The predicted octanol–water partition coefficient (Wildman–Crippen LogP) is 4.15. The molecule has 3 heterocycles. The number of halogens is 1. The first-order valence-electron chi connectivity index (χ1n) is 8.00. The second kappa shape index (κ2) is 5.95. The molecule has 0 atom stereocenters. The Morgan fingerprint density at radius 3 is 2.52 bits per heavy atom. The van der Waals surface area contributed by atoms with Gasteiger partial charge in [-0.25, -0.2) is 9.37 Å². The molecule has 1 aliphatic heterocycles. The Morgan fingerprint density at radius 1 is 0.957 bits per heavy atom. The SMILES string of the molecule is Fc1ccc(C2CCN(c3nccc4cnccc34)CC2)cc1. The minimum absolute atomic E-state index is 0.167. The Balaban J connectivity index is 1.54. The lowest BCUT2D eigenvalue weighted by molar-refractivity contribution is 0.502. The van der Waals surface area contributed by atoms with E-state index in [0.29, 0.717) is 5.92 Å². The van der Waals surface area contributed by atoms with Crippen molar-refractivity contribution in [3.05, 3.63) is 66.4 Å². The molecule has 1 aliphatic rings. The van der Waals surface area contributed by atoms with Crippen LogP contribution in [0.1, 0.15) is 24.3 Å². The van der Waals surface area contributed by atoms with Crippen LogP contribution in [0.2, 0.25) is 0 Å². The lowest BCUT2D eigenvalue weighted by Crippen LogP contribution is -2.33. The number of pyridine rings is 2. The molecule has 2 aromatic heterocycles. The van der Waals surface area contributed by atoms with Gasteiger partial charge in [0.05, 0.1) is 0 Å². The quantitative estimate of drug-likeness (QED) is 0.712. The second-order valence-corrected chi connectivity index (χ2v) is 6.04. The maximum atomic E-state index is 13.1. The van der Waals surface area contributed by atoms with Crippen molar-refractivity contribution in [1.82, 2.24) is 9.97 Å². The summed E-state index contributed by atoms with van der Waals surface area (Å²) in [6.45, 7) is 1.94. The zero-order valence-electron chi connectivity index (χ0n) is 12.8. The van der Waals surface area contributed by atoms with Crippen molar-refractivity contribution >= 4 is 16.6 Å². The second-order valence-electron chi connectivity index (χ2n) is 6.04. The van der Waals surface area contributed by atoms with E-state index in [1.54, 1.807) is 12.1 Å². The number of aromatic nitrogens is 2. The van der Waals surface area contributed by atoms with Crippen LogP contribution < -0.4 is 4.90 Å². The molecule has 23 heavy (non-hydrogen) atoms. The minimum atomic E-state index is -0.167. The first-order chi connectivity index (χ1) is 11.3. The highest BCUT2D eigenvalue weighted by molar-refractivity contribution is 5.91. The molecule has 3 aromatic rings. The number of nitrogens with zero attached hydrogens (tertiary/aromatic N) is 3. The number of fused-ring (bicyclic) bond motifs is 1.